The molecular weight excluding hydrogens is 663 g/mol. The van der Waals surface area contributed by atoms with Crippen LogP contribution in [-0.4, -0.2) is 0 Å². The summed E-state index contributed by atoms with van der Waals surface area (Å²) in [6, 6.07) is 73.8. The number of benzene rings is 10. The number of fused-ring (bicyclic) bond motifs is 8. The summed E-state index contributed by atoms with van der Waals surface area (Å²) < 4.78 is 0. The van der Waals surface area contributed by atoms with E-state index in [1.54, 1.807) is 0 Å². The first kappa shape index (κ1) is 30.3. The summed E-state index contributed by atoms with van der Waals surface area (Å²) >= 11 is 0. The fraction of sp³-hybridized carbons (Fsp3) is 0. The topological polar surface area (TPSA) is 3.24 Å². The second-order valence-corrected chi connectivity index (χ2v) is 14.8. The Hall–Kier alpha value is -7.22. The molecule has 0 aromatic heterocycles. The van der Waals surface area contributed by atoms with Crippen molar-refractivity contribution in [2.45, 2.75) is 0 Å². The fourth-order valence-corrected chi connectivity index (χ4v) is 9.72. The molecule has 1 heteroatoms. The van der Waals surface area contributed by atoms with Crippen molar-refractivity contribution >= 4 is 92.5 Å². The van der Waals surface area contributed by atoms with Crippen LogP contribution in [0.5, 0.6) is 0 Å². The first-order valence-electron chi connectivity index (χ1n) is 19.1. The summed E-state index contributed by atoms with van der Waals surface area (Å²) in [5, 5.41) is 18.3. The molecule has 0 aliphatic carbocycles. The van der Waals surface area contributed by atoms with Crippen LogP contribution < -0.4 is 4.90 Å². The highest BCUT2D eigenvalue weighted by molar-refractivity contribution is 6.44. The van der Waals surface area contributed by atoms with Crippen LogP contribution in [0.15, 0.2) is 200 Å². The van der Waals surface area contributed by atoms with E-state index in [-0.39, 0.29) is 0 Å². The van der Waals surface area contributed by atoms with Gasteiger partial charge in [-0.25, -0.2) is 0 Å². The number of hydrogen-bond acceptors (Lipinski definition) is 1. The molecule has 0 aliphatic rings. The minimum atomic E-state index is 1.14. The molecule has 0 saturated heterocycles. The molecule has 254 valence electrons. The van der Waals surface area contributed by atoms with Crippen LogP contribution in [-0.2, 0) is 0 Å². The quantitative estimate of drug-likeness (QED) is 0.162. The van der Waals surface area contributed by atoms with Crippen molar-refractivity contribution in [1.82, 2.24) is 0 Å². The molecule has 0 heterocycles. The summed E-state index contributed by atoms with van der Waals surface area (Å²) in [4.78, 5) is 2.36. The fourth-order valence-electron chi connectivity index (χ4n) is 9.72. The van der Waals surface area contributed by atoms with Gasteiger partial charge >= 0.3 is 0 Å². The summed E-state index contributed by atoms with van der Waals surface area (Å²) in [6.07, 6.45) is 0. The van der Waals surface area contributed by atoms with E-state index < -0.39 is 0 Å². The third-order valence-electron chi connectivity index (χ3n) is 11.9. The van der Waals surface area contributed by atoms with Gasteiger partial charge in [0.1, 0.15) is 0 Å². The van der Waals surface area contributed by atoms with Crippen molar-refractivity contribution in [2.24, 2.45) is 0 Å². The molecule has 0 fully saturated rings. The third-order valence-corrected chi connectivity index (χ3v) is 11.9. The maximum absolute atomic E-state index is 2.52. The third kappa shape index (κ3) is 4.30. The van der Waals surface area contributed by atoms with E-state index in [0.29, 0.717) is 0 Å². The average Bonchev–Trinajstić information content (AvgIpc) is 3.75. The highest BCUT2D eigenvalue weighted by Gasteiger charge is 2.26. The largest absolute Gasteiger partial charge is 0.310 e. The zero-order valence-electron chi connectivity index (χ0n) is 30.0. The van der Waals surface area contributed by atoms with Crippen LogP contribution in [0.4, 0.5) is 17.1 Å². The lowest BCUT2D eigenvalue weighted by Crippen LogP contribution is -2.09. The summed E-state index contributed by atoms with van der Waals surface area (Å²) in [6.45, 7) is 0. The Kier molecular flexibility index (Phi) is 6.40. The van der Waals surface area contributed by atoms with Crippen molar-refractivity contribution < 1.29 is 0 Å². The minimum Gasteiger partial charge on any atom is -0.310 e. The number of anilines is 3. The van der Waals surface area contributed by atoms with E-state index in [2.05, 4.69) is 205 Å². The van der Waals surface area contributed by atoms with Gasteiger partial charge in [-0.2, -0.15) is 0 Å². The van der Waals surface area contributed by atoms with E-state index in [1.807, 2.05) is 0 Å². The molecule has 12 aromatic carbocycles. The Balaban J connectivity index is 1.28. The molecule has 0 bridgehead atoms. The van der Waals surface area contributed by atoms with E-state index in [4.69, 9.17) is 0 Å². The summed E-state index contributed by atoms with van der Waals surface area (Å²) in [5.41, 5.74) is 8.52. The molecule has 1 nitrogen and oxygen atoms in total. The Morgan fingerprint density at radius 2 is 0.745 bits per heavy atom. The molecule has 0 radical (unpaired) electrons. The van der Waals surface area contributed by atoms with Crippen LogP contribution in [0.1, 0.15) is 0 Å². The molecule has 0 amide bonds. The molecule has 12 aromatic rings. The number of rotatable bonds is 5. The Labute approximate surface area is 318 Å². The van der Waals surface area contributed by atoms with Gasteiger partial charge in [-0.15, -0.1) is 0 Å². The van der Waals surface area contributed by atoms with Gasteiger partial charge in [-0.3, -0.25) is 0 Å². The SMILES string of the molecule is c1ccc(-c2c3cc4c5ccc(N(c6ccccc6)c6ccccc6)cc5c5cccc(c3c(-c3ccccc3)c3c6cccc7cccc(c23)c76)c54)cc1. The van der Waals surface area contributed by atoms with Gasteiger partial charge in [-0.1, -0.05) is 158 Å². The van der Waals surface area contributed by atoms with Crippen molar-refractivity contribution in [1.29, 1.82) is 0 Å². The van der Waals surface area contributed by atoms with E-state index in [0.717, 1.165) is 17.1 Å². The van der Waals surface area contributed by atoms with Gasteiger partial charge in [0.05, 0.1) is 0 Å². The second-order valence-electron chi connectivity index (χ2n) is 14.8. The zero-order valence-corrected chi connectivity index (χ0v) is 30.0. The van der Waals surface area contributed by atoms with Gasteiger partial charge in [-0.05, 0) is 140 Å². The maximum atomic E-state index is 2.52. The average molecular weight is 696 g/mol. The van der Waals surface area contributed by atoms with Crippen LogP contribution in [0.3, 0.4) is 0 Å². The van der Waals surface area contributed by atoms with Crippen LogP contribution in [0, 0.1) is 0 Å². The van der Waals surface area contributed by atoms with Crippen LogP contribution >= 0.6 is 0 Å². The lowest BCUT2D eigenvalue weighted by atomic mass is 9.84. The van der Waals surface area contributed by atoms with E-state index in [9.17, 15) is 0 Å². The first-order valence-corrected chi connectivity index (χ1v) is 19.1. The smallest absolute Gasteiger partial charge is 0.0468 e. The zero-order chi connectivity index (χ0) is 36.0. The predicted molar refractivity (Wildman–Crippen MR) is 237 cm³/mol. The number of hydrogen-bond donors (Lipinski definition) is 0. The van der Waals surface area contributed by atoms with Crippen LogP contribution in [0.2, 0.25) is 0 Å². The molecule has 0 spiro atoms. The van der Waals surface area contributed by atoms with Crippen molar-refractivity contribution in [2.75, 3.05) is 4.90 Å². The highest BCUT2D eigenvalue weighted by Crippen LogP contribution is 2.54. The summed E-state index contributed by atoms with van der Waals surface area (Å²) in [7, 11) is 0. The molecule has 0 aliphatic heterocycles. The lowest BCUT2D eigenvalue weighted by Gasteiger charge is -2.25. The Bertz CT molecular complexity index is 3340. The van der Waals surface area contributed by atoms with Gasteiger partial charge in [0.25, 0.3) is 0 Å². The first-order chi connectivity index (χ1) is 27.3. The second kappa shape index (κ2) is 11.6. The monoisotopic (exact) mass is 695 g/mol. The van der Waals surface area contributed by atoms with Gasteiger partial charge < -0.3 is 4.90 Å². The molecule has 55 heavy (non-hydrogen) atoms. The van der Waals surface area contributed by atoms with Gasteiger partial charge in [0.2, 0.25) is 0 Å². The van der Waals surface area contributed by atoms with E-state index >= 15 is 0 Å². The molecular formula is C54H33N. The van der Waals surface area contributed by atoms with Crippen LogP contribution in [0.25, 0.3) is 97.7 Å². The van der Waals surface area contributed by atoms with Gasteiger partial charge in [0.15, 0.2) is 0 Å². The van der Waals surface area contributed by atoms with E-state index in [1.165, 1.54) is 97.7 Å². The van der Waals surface area contributed by atoms with Crippen molar-refractivity contribution in [3.05, 3.63) is 200 Å². The maximum Gasteiger partial charge on any atom is 0.0468 e. The number of para-hydroxylation sites is 2. The standard InChI is InChI=1S/C54H33N/c1-5-16-35(17-6-1)49-47-33-46-40-31-30-39(55(37-22-9-3-10-23-37)38-24-11-4-12-25-38)32-45(40)41-26-15-29-44(51(41)46)52(47)50(36-18-7-2-8-19-36)54-43-28-14-21-34-20-13-27-42(48(34)43)53(49)54/h1-33H. The Morgan fingerprint density at radius 1 is 0.236 bits per heavy atom. The summed E-state index contributed by atoms with van der Waals surface area (Å²) in [5.74, 6) is 0. The number of nitrogens with zero attached hydrogens (tertiary/aromatic N) is 1. The normalized spacial score (nSPS) is 12.0. The van der Waals surface area contributed by atoms with Crippen molar-refractivity contribution in [3.63, 3.8) is 0 Å². The lowest BCUT2D eigenvalue weighted by molar-refractivity contribution is 1.29. The molecule has 0 N–H and O–H groups in total. The molecule has 12 rings (SSSR count). The molecule has 0 atom stereocenters. The Morgan fingerprint density at radius 3 is 1.36 bits per heavy atom. The highest BCUT2D eigenvalue weighted by atomic mass is 15.1. The minimum absolute atomic E-state index is 1.14. The molecule has 0 saturated carbocycles. The van der Waals surface area contributed by atoms with Crippen molar-refractivity contribution in [3.8, 4) is 22.3 Å². The predicted octanol–water partition coefficient (Wildman–Crippen LogP) is 15.4. The molecule has 0 unspecified atom stereocenters. The van der Waals surface area contributed by atoms with Gasteiger partial charge in [0, 0.05) is 17.1 Å².